The van der Waals surface area contributed by atoms with Gasteiger partial charge in [-0.1, -0.05) is 0 Å². The molecule has 0 aromatic heterocycles. The van der Waals surface area contributed by atoms with Crippen molar-refractivity contribution >= 4 is 11.9 Å². The molecule has 7 heteroatoms. The molecule has 0 spiro atoms. The molecule has 1 saturated heterocycles. The maximum absolute atomic E-state index is 11.4. The van der Waals surface area contributed by atoms with Gasteiger partial charge in [0.1, 0.15) is 6.79 Å². The molecule has 1 fully saturated rings. The molecule has 1 aliphatic rings. The number of carboxylic acid groups (broad SMARTS) is 1. The molecule has 3 atom stereocenters. The van der Waals surface area contributed by atoms with Crippen molar-refractivity contribution < 1.29 is 28.9 Å². The Labute approximate surface area is 112 Å². The Morgan fingerprint density at radius 2 is 2.21 bits per heavy atom. The Bertz CT molecular complexity index is 309. The molecule has 110 valence electrons. The van der Waals surface area contributed by atoms with E-state index in [4.69, 9.17) is 19.3 Å². The van der Waals surface area contributed by atoms with Crippen molar-refractivity contribution in [1.82, 2.24) is 5.32 Å². The third kappa shape index (κ3) is 5.54. The maximum atomic E-state index is 11.4. The smallest absolute Gasteiger partial charge is 0.305 e. The van der Waals surface area contributed by atoms with Crippen molar-refractivity contribution in [2.45, 2.75) is 31.9 Å². The number of carbonyl (C=O) groups is 2. The number of hydrogen-bond donors (Lipinski definition) is 2. The summed E-state index contributed by atoms with van der Waals surface area (Å²) in [5.41, 5.74) is 0. The number of carbonyl (C=O) groups excluding carboxylic acids is 1. The van der Waals surface area contributed by atoms with Crippen LogP contribution in [0.1, 0.15) is 19.8 Å². The highest BCUT2D eigenvalue weighted by Gasteiger charge is 2.40. The van der Waals surface area contributed by atoms with Crippen molar-refractivity contribution in [3.63, 3.8) is 0 Å². The van der Waals surface area contributed by atoms with Crippen LogP contribution in [0.3, 0.4) is 0 Å². The fraction of sp³-hybridized carbons (Fsp3) is 0.833. The quantitative estimate of drug-likeness (QED) is 0.331. The minimum atomic E-state index is -0.911. The van der Waals surface area contributed by atoms with Gasteiger partial charge in [-0.25, -0.2) is 0 Å². The summed E-state index contributed by atoms with van der Waals surface area (Å²) in [7, 11) is 1.59. The van der Waals surface area contributed by atoms with Crippen LogP contribution in [0.4, 0.5) is 0 Å². The van der Waals surface area contributed by atoms with Gasteiger partial charge in [0.25, 0.3) is 0 Å². The Balaban J connectivity index is 2.17. The minimum Gasteiger partial charge on any atom is -0.481 e. The molecule has 7 nitrogen and oxygen atoms in total. The summed E-state index contributed by atoms with van der Waals surface area (Å²) >= 11 is 0. The van der Waals surface area contributed by atoms with E-state index in [2.05, 4.69) is 5.32 Å². The van der Waals surface area contributed by atoms with Crippen LogP contribution in [0, 0.1) is 5.92 Å². The first-order chi connectivity index (χ1) is 9.04. The van der Waals surface area contributed by atoms with E-state index < -0.39 is 5.97 Å². The first kappa shape index (κ1) is 15.9. The van der Waals surface area contributed by atoms with Gasteiger partial charge in [-0.15, -0.1) is 0 Å². The zero-order chi connectivity index (χ0) is 14.3. The lowest BCUT2D eigenvalue weighted by Crippen LogP contribution is -2.59. The van der Waals surface area contributed by atoms with E-state index in [0.29, 0.717) is 19.6 Å². The third-order valence-electron chi connectivity index (χ3n) is 3.00. The number of β-lactam (4-membered cyclic amide) rings is 1. The molecule has 1 rings (SSSR count). The summed E-state index contributed by atoms with van der Waals surface area (Å²) in [4.78, 5) is 22.0. The monoisotopic (exact) mass is 275 g/mol. The highest BCUT2D eigenvalue weighted by Crippen LogP contribution is 2.24. The van der Waals surface area contributed by atoms with E-state index in [1.807, 2.05) is 6.92 Å². The standard InChI is InChI=1S/C12H21NO6/c1-8(19-7-18-4-3-17-2)5-9-10(6-11(14)15)13-12(9)16/h8-10H,3-7H2,1-2H3,(H,13,16)(H,14,15). The molecule has 1 heterocycles. The van der Waals surface area contributed by atoms with Crippen LogP contribution in [0.25, 0.3) is 0 Å². The number of nitrogens with one attached hydrogen (secondary N) is 1. The zero-order valence-corrected chi connectivity index (χ0v) is 11.3. The topological polar surface area (TPSA) is 94.1 Å². The molecular weight excluding hydrogens is 254 g/mol. The molecule has 1 aliphatic heterocycles. The predicted molar refractivity (Wildman–Crippen MR) is 65.5 cm³/mol. The lowest BCUT2D eigenvalue weighted by molar-refractivity contribution is -0.146. The highest BCUT2D eigenvalue weighted by molar-refractivity contribution is 5.87. The normalized spacial score (nSPS) is 23.6. The summed E-state index contributed by atoms with van der Waals surface area (Å²) in [5.74, 6) is -1.31. The SMILES string of the molecule is COCCOCOC(C)CC1C(=O)NC1CC(=O)O. The second kappa shape index (κ2) is 8.08. The summed E-state index contributed by atoms with van der Waals surface area (Å²) in [6, 6.07) is -0.287. The number of aliphatic carboxylic acids is 1. The van der Waals surface area contributed by atoms with Crippen molar-refractivity contribution in [2.75, 3.05) is 27.1 Å². The van der Waals surface area contributed by atoms with Gasteiger partial charge in [0.15, 0.2) is 0 Å². The third-order valence-corrected chi connectivity index (χ3v) is 3.00. The predicted octanol–water partition coefficient (Wildman–Crippen LogP) is -0.00860. The summed E-state index contributed by atoms with van der Waals surface area (Å²) < 4.78 is 15.4. The number of hydrogen-bond acceptors (Lipinski definition) is 5. The van der Waals surface area contributed by atoms with Gasteiger partial charge in [-0.2, -0.15) is 0 Å². The molecule has 19 heavy (non-hydrogen) atoms. The lowest BCUT2D eigenvalue weighted by atomic mass is 9.84. The van der Waals surface area contributed by atoms with Gasteiger partial charge in [0.05, 0.1) is 37.7 Å². The molecule has 0 bridgehead atoms. The van der Waals surface area contributed by atoms with Crippen molar-refractivity contribution in [2.24, 2.45) is 5.92 Å². The van der Waals surface area contributed by atoms with Gasteiger partial charge in [0, 0.05) is 7.11 Å². The summed E-state index contributed by atoms with van der Waals surface area (Å²) in [6.07, 6.45) is 0.292. The molecular formula is C12H21NO6. The molecule has 0 saturated carbocycles. The van der Waals surface area contributed by atoms with Gasteiger partial charge in [-0.05, 0) is 13.3 Å². The van der Waals surface area contributed by atoms with E-state index in [0.717, 1.165) is 0 Å². The Kier molecular flexibility index (Phi) is 6.75. The number of rotatable bonds is 10. The first-order valence-corrected chi connectivity index (χ1v) is 6.25. The number of carboxylic acids is 1. The first-order valence-electron chi connectivity index (χ1n) is 6.25. The molecule has 1 amide bonds. The fourth-order valence-electron chi connectivity index (χ4n) is 1.92. The van der Waals surface area contributed by atoms with E-state index in [1.54, 1.807) is 7.11 Å². The lowest BCUT2D eigenvalue weighted by Gasteiger charge is -2.37. The average molecular weight is 275 g/mol. The van der Waals surface area contributed by atoms with Gasteiger partial charge in [-0.3, -0.25) is 9.59 Å². The fourth-order valence-corrected chi connectivity index (χ4v) is 1.92. The van der Waals surface area contributed by atoms with Gasteiger partial charge in [0.2, 0.25) is 5.91 Å². The van der Waals surface area contributed by atoms with Crippen LogP contribution < -0.4 is 5.32 Å². The van der Waals surface area contributed by atoms with E-state index in [1.165, 1.54) is 0 Å². The van der Waals surface area contributed by atoms with Crippen molar-refractivity contribution in [3.8, 4) is 0 Å². The summed E-state index contributed by atoms with van der Waals surface area (Å²) in [6.45, 7) is 2.93. The average Bonchev–Trinajstić information content (AvgIpc) is 2.35. The van der Waals surface area contributed by atoms with Crippen LogP contribution in [-0.4, -0.2) is 56.2 Å². The largest absolute Gasteiger partial charge is 0.481 e. The maximum Gasteiger partial charge on any atom is 0.305 e. The van der Waals surface area contributed by atoms with Gasteiger partial charge >= 0.3 is 5.97 Å². The van der Waals surface area contributed by atoms with Crippen LogP contribution >= 0.6 is 0 Å². The molecule has 0 aromatic rings. The molecule has 2 N–H and O–H groups in total. The van der Waals surface area contributed by atoms with Gasteiger partial charge < -0.3 is 24.6 Å². The van der Waals surface area contributed by atoms with E-state index in [-0.39, 0.29) is 37.2 Å². The van der Waals surface area contributed by atoms with Crippen molar-refractivity contribution in [1.29, 1.82) is 0 Å². The van der Waals surface area contributed by atoms with E-state index >= 15 is 0 Å². The van der Waals surface area contributed by atoms with Crippen LogP contribution in [-0.2, 0) is 23.8 Å². The van der Waals surface area contributed by atoms with Crippen LogP contribution in [0.5, 0.6) is 0 Å². The molecule has 0 aromatic carbocycles. The highest BCUT2D eigenvalue weighted by atomic mass is 16.7. The second-order valence-electron chi connectivity index (χ2n) is 4.55. The number of methoxy groups -OCH3 is 1. The van der Waals surface area contributed by atoms with Crippen LogP contribution in [0.15, 0.2) is 0 Å². The van der Waals surface area contributed by atoms with Crippen molar-refractivity contribution in [3.05, 3.63) is 0 Å². The Morgan fingerprint density at radius 1 is 1.47 bits per heavy atom. The van der Waals surface area contributed by atoms with Crippen LogP contribution in [0.2, 0.25) is 0 Å². The summed E-state index contributed by atoms with van der Waals surface area (Å²) in [5, 5.41) is 11.3. The Hall–Kier alpha value is -1.18. The van der Waals surface area contributed by atoms with E-state index in [9.17, 15) is 9.59 Å². The Morgan fingerprint density at radius 3 is 2.79 bits per heavy atom. The molecule has 0 aliphatic carbocycles. The zero-order valence-electron chi connectivity index (χ0n) is 11.3. The number of amides is 1. The second-order valence-corrected chi connectivity index (χ2v) is 4.55. The molecule has 0 radical (unpaired) electrons. The number of ether oxygens (including phenoxy) is 3. The molecule has 3 unspecified atom stereocenters. The minimum absolute atomic E-state index is 0.0481.